The quantitative estimate of drug-likeness (QED) is 0.389. The van der Waals surface area contributed by atoms with Crippen molar-refractivity contribution in [2.24, 2.45) is 5.10 Å². The van der Waals surface area contributed by atoms with Gasteiger partial charge in [-0.1, -0.05) is 31.0 Å². The standard InChI is InChI=1S/C22H20ClF3N2O3/c1-3-4-11-31-18-10-5-14(13-19(18)30-2)12-17-20(22(24,25)26)27-28(21(17)29)16-8-6-15(23)7-9-16/h5-10,12-13H,3-4,11H2,1-2H3/b17-12-. The summed E-state index contributed by atoms with van der Waals surface area (Å²) in [6.45, 7) is 2.52. The topological polar surface area (TPSA) is 51.1 Å². The van der Waals surface area contributed by atoms with E-state index in [0.717, 1.165) is 18.9 Å². The molecule has 0 saturated heterocycles. The molecule has 31 heavy (non-hydrogen) atoms. The van der Waals surface area contributed by atoms with Gasteiger partial charge in [0, 0.05) is 5.02 Å². The first kappa shape index (κ1) is 22.7. The molecule has 0 saturated carbocycles. The van der Waals surface area contributed by atoms with Gasteiger partial charge in [-0.15, -0.1) is 0 Å². The highest BCUT2D eigenvalue weighted by atomic mass is 35.5. The molecule has 0 spiro atoms. The second kappa shape index (κ2) is 9.43. The van der Waals surface area contributed by atoms with E-state index in [1.54, 1.807) is 12.1 Å². The van der Waals surface area contributed by atoms with E-state index in [4.69, 9.17) is 21.1 Å². The molecule has 0 N–H and O–H groups in total. The maximum atomic E-state index is 13.6. The van der Waals surface area contributed by atoms with Crippen molar-refractivity contribution in [2.75, 3.05) is 18.7 Å². The number of carbonyl (C=O) groups is 1. The van der Waals surface area contributed by atoms with Crippen molar-refractivity contribution < 1.29 is 27.4 Å². The van der Waals surface area contributed by atoms with E-state index < -0.39 is 23.4 Å². The van der Waals surface area contributed by atoms with E-state index in [1.165, 1.54) is 37.4 Å². The van der Waals surface area contributed by atoms with E-state index in [9.17, 15) is 18.0 Å². The number of hydrogen-bond donors (Lipinski definition) is 0. The summed E-state index contributed by atoms with van der Waals surface area (Å²) in [5, 5.41) is 4.64. The number of carbonyl (C=O) groups excluding carboxylic acids is 1. The van der Waals surface area contributed by atoms with Crippen LogP contribution in [0.25, 0.3) is 6.08 Å². The third-order valence-corrected chi connectivity index (χ3v) is 4.72. The molecule has 1 heterocycles. The summed E-state index contributed by atoms with van der Waals surface area (Å²) in [5.41, 5.74) is -1.31. The number of anilines is 1. The average Bonchev–Trinajstić information content (AvgIpc) is 3.06. The molecular formula is C22H20ClF3N2O3. The minimum atomic E-state index is -4.81. The minimum absolute atomic E-state index is 0.178. The number of hydrogen-bond acceptors (Lipinski definition) is 4. The largest absolute Gasteiger partial charge is 0.493 e. The van der Waals surface area contributed by atoms with Crippen LogP contribution in [0.15, 0.2) is 53.1 Å². The highest BCUT2D eigenvalue weighted by Crippen LogP contribution is 2.34. The Bertz CT molecular complexity index is 1020. The predicted molar refractivity (Wildman–Crippen MR) is 114 cm³/mol. The van der Waals surface area contributed by atoms with E-state index >= 15 is 0 Å². The van der Waals surface area contributed by atoms with E-state index in [0.29, 0.717) is 33.7 Å². The van der Waals surface area contributed by atoms with Gasteiger partial charge in [-0.05, 0) is 54.5 Å². The Kier molecular flexibility index (Phi) is 6.90. The van der Waals surface area contributed by atoms with Crippen LogP contribution in [0, 0.1) is 0 Å². The monoisotopic (exact) mass is 452 g/mol. The minimum Gasteiger partial charge on any atom is -0.493 e. The van der Waals surface area contributed by atoms with Crippen LogP contribution >= 0.6 is 11.6 Å². The van der Waals surface area contributed by atoms with Gasteiger partial charge in [0.1, 0.15) is 0 Å². The summed E-state index contributed by atoms with van der Waals surface area (Å²) in [6.07, 6.45) is -1.85. The van der Waals surface area contributed by atoms with E-state index in [2.05, 4.69) is 5.10 Å². The number of nitrogens with zero attached hydrogens (tertiary/aromatic N) is 2. The summed E-state index contributed by atoms with van der Waals surface area (Å²) < 4.78 is 51.7. The number of hydrazone groups is 1. The molecule has 0 atom stereocenters. The molecule has 2 aromatic carbocycles. The number of amides is 1. The highest BCUT2D eigenvalue weighted by molar-refractivity contribution is 6.34. The van der Waals surface area contributed by atoms with Crippen molar-refractivity contribution >= 4 is 35.0 Å². The maximum absolute atomic E-state index is 13.6. The average molecular weight is 453 g/mol. The van der Waals surface area contributed by atoms with E-state index in [-0.39, 0.29) is 5.69 Å². The molecule has 0 radical (unpaired) electrons. The van der Waals surface area contributed by atoms with Gasteiger partial charge in [0.2, 0.25) is 0 Å². The number of methoxy groups -OCH3 is 1. The van der Waals surface area contributed by atoms with Crippen LogP contribution in [-0.4, -0.2) is 31.5 Å². The van der Waals surface area contributed by atoms with Crippen molar-refractivity contribution in [1.82, 2.24) is 0 Å². The third-order valence-electron chi connectivity index (χ3n) is 4.47. The maximum Gasteiger partial charge on any atom is 0.435 e. The van der Waals surface area contributed by atoms with Crippen LogP contribution in [0.1, 0.15) is 25.3 Å². The number of ether oxygens (including phenoxy) is 2. The van der Waals surface area contributed by atoms with Crippen molar-refractivity contribution in [3.63, 3.8) is 0 Å². The first-order chi connectivity index (χ1) is 14.7. The van der Waals surface area contributed by atoms with Crippen molar-refractivity contribution in [2.45, 2.75) is 25.9 Å². The molecule has 0 aromatic heterocycles. The van der Waals surface area contributed by atoms with Gasteiger partial charge in [0.15, 0.2) is 17.2 Å². The van der Waals surface area contributed by atoms with Gasteiger partial charge in [-0.25, -0.2) is 0 Å². The number of benzene rings is 2. The van der Waals surface area contributed by atoms with Gasteiger partial charge in [-0.2, -0.15) is 23.3 Å². The zero-order chi connectivity index (χ0) is 22.6. The van der Waals surface area contributed by atoms with Crippen LogP contribution < -0.4 is 14.5 Å². The first-order valence-corrected chi connectivity index (χ1v) is 9.91. The first-order valence-electron chi connectivity index (χ1n) is 9.53. The molecule has 2 aromatic rings. The Hall–Kier alpha value is -3.00. The van der Waals surface area contributed by atoms with Crippen molar-refractivity contribution in [3.05, 3.63) is 58.6 Å². The van der Waals surface area contributed by atoms with Crippen molar-refractivity contribution in [1.29, 1.82) is 0 Å². The Balaban J connectivity index is 1.97. The lowest BCUT2D eigenvalue weighted by Crippen LogP contribution is -2.25. The molecule has 1 amide bonds. The second-order valence-corrected chi connectivity index (χ2v) is 7.15. The molecule has 9 heteroatoms. The number of rotatable bonds is 7. The summed E-state index contributed by atoms with van der Waals surface area (Å²) in [6, 6.07) is 10.5. The highest BCUT2D eigenvalue weighted by Gasteiger charge is 2.46. The SMILES string of the molecule is CCCCOc1ccc(/C=C2\C(=O)N(c3ccc(Cl)cc3)N=C2C(F)(F)F)cc1OC. The Morgan fingerprint density at radius 1 is 1.13 bits per heavy atom. The summed E-state index contributed by atoms with van der Waals surface area (Å²) >= 11 is 5.82. The van der Waals surface area contributed by atoms with Crippen LogP contribution in [0.3, 0.4) is 0 Å². The molecule has 0 fully saturated rings. The molecule has 5 nitrogen and oxygen atoms in total. The van der Waals surface area contributed by atoms with Crippen LogP contribution in [-0.2, 0) is 4.79 Å². The fourth-order valence-corrected chi connectivity index (χ4v) is 3.02. The number of unbranched alkanes of at least 4 members (excludes halogenated alkanes) is 1. The molecular weight excluding hydrogens is 433 g/mol. The molecule has 3 rings (SSSR count). The molecule has 1 aliphatic heterocycles. The zero-order valence-corrected chi connectivity index (χ0v) is 17.6. The van der Waals surface area contributed by atoms with Gasteiger partial charge >= 0.3 is 6.18 Å². The van der Waals surface area contributed by atoms with Crippen LogP contribution in [0.4, 0.5) is 18.9 Å². The number of alkyl halides is 3. The fraction of sp³-hybridized carbons (Fsp3) is 0.273. The summed E-state index contributed by atoms with van der Waals surface area (Å²) in [7, 11) is 1.44. The fourth-order valence-electron chi connectivity index (χ4n) is 2.90. The van der Waals surface area contributed by atoms with Crippen LogP contribution in [0.5, 0.6) is 11.5 Å². The molecule has 164 valence electrons. The summed E-state index contributed by atoms with van der Waals surface area (Å²) in [5.74, 6) is -0.0591. The number of halogens is 4. The van der Waals surface area contributed by atoms with Gasteiger partial charge in [-0.3, -0.25) is 4.79 Å². The van der Waals surface area contributed by atoms with Gasteiger partial charge < -0.3 is 9.47 Å². The molecule has 0 unspecified atom stereocenters. The Morgan fingerprint density at radius 2 is 1.84 bits per heavy atom. The zero-order valence-electron chi connectivity index (χ0n) is 16.9. The lowest BCUT2D eigenvalue weighted by atomic mass is 10.1. The van der Waals surface area contributed by atoms with Gasteiger partial charge in [0.05, 0.1) is 25.0 Å². The van der Waals surface area contributed by atoms with Crippen LogP contribution in [0.2, 0.25) is 5.02 Å². The van der Waals surface area contributed by atoms with E-state index in [1.807, 2.05) is 6.92 Å². The Labute approximate surface area is 182 Å². The van der Waals surface area contributed by atoms with Crippen molar-refractivity contribution in [3.8, 4) is 11.5 Å². The normalized spacial score (nSPS) is 15.4. The Morgan fingerprint density at radius 3 is 2.45 bits per heavy atom. The lowest BCUT2D eigenvalue weighted by Gasteiger charge is -2.12. The smallest absolute Gasteiger partial charge is 0.435 e. The molecule has 1 aliphatic rings. The van der Waals surface area contributed by atoms with Gasteiger partial charge in [0.25, 0.3) is 5.91 Å². The molecule has 0 aliphatic carbocycles. The predicted octanol–water partition coefficient (Wildman–Crippen LogP) is 5.88. The third kappa shape index (κ3) is 5.19. The second-order valence-electron chi connectivity index (χ2n) is 6.71. The lowest BCUT2D eigenvalue weighted by molar-refractivity contribution is -0.114. The molecule has 0 bridgehead atoms. The summed E-state index contributed by atoms with van der Waals surface area (Å²) in [4.78, 5) is 12.8.